The lowest BCUT2D eigenvalue weighted by molar-refractivity contribution is 0.289. The van der Waals surface area contributed by atoms with Crippen LogP contribution in [0.4, 0.5) is 10.1 Å². The molecule has 0 aliphatic carbocycles. The Kier molecular flexibility index (Phi) is 4.06. The van der Waals surface area contributed by atoms with E-state index in [9.17, 15) is 4.39 Å². The van der Waals surface area contributed by atoms with E-state index in [1.54, 1.807) is 25.3 Å². The van der Waals surface area contributed by atoms with Gasteiger partial charge < -0.3 is 15.2 Å². The molecule has 0 aliphatic heterocycles. The highest BCUT2D eigenvalue weighted by Gasteiger charge is 2.06. The fourth-order valence-electron chi connectivity index (χ4n) is 1.74. The molecule has 2 aromatic rings. The van der Waals surface area contributed by atoms with E-state index in [1.165, 1.54) is 12.1 Å². The molecule has 20 heavy (non-hydrogen) atoms. The Labute approximate surface area is 116 Å². The summed E-state index contributed by atoms with van der Waals surface area (Å²) in [5, 5.41) is 8.66. The standard InChI is InChI=1S/C15H13FN2O2/c1-19-13-5-11(4-12(18)7-13)9-20-15-3-2-10(8-17)6-14(15)16/h2-7H,9,18H2,1H3. The van der Waals surface area contributed by atoms with Crippen molar-refractivity contribution in [3.63, 3.8) is 0 Å². The van der Waals surface area contributed by atoms with Crippen LogP contribution in [0.2, 0.25) is 0 Å². The number of benzene rings is 2. The first kappa shape index (κ1) is 13.7. The maximum absolute atomic E-state index is 13.6. The van der Waals surface area contributed by atoms with Gasteiger partial charge in [-0.1, -0.05) is 0 Å². The van der Waals surface area contributed by atoms with Crippen LogP contribution in [-0.2, 0) is 6.61 Å². The van der Waals surface area contributed by atoms with E-state index in [-0.39, 0.29) is 17.9 Å². The van der Waals surface area contributed by atoms with Crippen LogP contribution in [-0.4, -0.2) is 7.11 Å². The van der Waals surface area contributed by atoms with Crippen LogP contribution < -0.4 is 15.2 Å². The molecular formula is C15H13FN2O2. The van der Waals surface area contributed by atoms with Gasteiger partial charge in [0.1, 0.15) is 12.4 Å². The van der Waals surface area contributed by atoms with Gasteiger partial charge in [0.2, 0.25) is 0 Å². The van der Waals surface area contributed by atoms with Gasteiger partial charge in [0.25, 0.3) is 0 Å². The third kappa shape index (κ3) is 3.18. The number of ether oxygens (including phenoxy) is 2. The SMILES string of the molecule is COc1cc(N)cc(COc2ccc(C#N)cc2F)c1. The molecule has 0 bridgehead atoms. The molecular weight excluding hydrogens is 259 g/mol. The van der Waals surface area contributed by atoms with E-state index in [1.807, 2.05) is 6.07 Å². The van der Waals surface area contributed by atoms with Crippen molar-refractivity contribution < 1.29 is 13.9 Å². The van der Waals surface area contributed by atoms with Gasteiger partial charge in [-0.3, -0.25) is 0 Å². The minimum absolute atomic E-state index is 0.0883. The third-order valence-corrected chi connectivity index (χ3v) is 2.68. The van der Waals surface area contributed by atoms with E-state index in [2.05, 4.69) is 0 Å². The molecule has 0 spiro atoms. The Morgan fingerprint density at radius 3 is 2.70 bits per heavy atom. The van der Waals surface area contributed by atoms with Gasteiger partial charge in [-0.15, -0.1) is 0 Å². The number of nitriles is 1. The Bertz CT molecular complexity index is 665. The van der Waals surface area contributed by atoms with Crippen molar-refractivity contribution in [1.82, 2.24) is 0 Å². The Morgan fingerprint density at radius 1 is 1.25 bits per heavy atom. The molecule has 4 nitrogen and oxygen atoms in total. The fraction of sp³-hybridized carbons (Fsp3) is 0.133. The monoisotopic (exact) mass is 272 g/mol. The molecule has 0 unspecified atom stereocenters. The largest absolute Gasteiger partial charge is 0.497 e. The lowest BCUT2D eigenvalue weighted by Crippen LogP contribution is -1.99. The molecule has 2 aromatic carbocycles. The number of nitrogens with zero attached hydrogens (tertiary/aromatic N) is 1. The molecule has 102 valence electrons. The van der Waals surface area contributed by atoms with Crippen molar-refractivity contribution in [3.8, 4) is 17.6 Å². The van der Waals surface area contributed by atoms with Gasteiger partial charge >= 0.3 is 0 Å². The Balaban J connectivity index is 2.13. The zero-order chi connectivity index (χ0) is 14.5. The van der Waals surface area contributed by atoms with Crippen molar-refractivity contribution in [2.45, 2.75) is 6.61 Å². The first-order chi connectivity index (χ1) is 9.62. The molecule has 0 saturated carbocycles. The number of methoxy groups -OCH3 is 1. The van der Waals surface area contributed by atoms with Crippen LogP contribution in [0.1, 0.15) is 11.1 Å². The summed E-state index contributed by atoms with van der Waals surface area (Å²) in [6, 6.07) is 11.1. The van der Waals surface area contributed by atoms with Gasteiger partial charge in [-0.25, -0.2) is 4.39 Å². The summed E-state index contributed by atoms with van der Waals surface area (Å²) in [6.07, 6.45) is 0. The second-order valence-electron chi connectivity index (χ2n) is 4.16. The number of nitrogens with two attached hydrogens (primary N) is 1. The van der Waals surface area contributed by atoms with E-state index in [0.29, 0.717) is 11.4 Å². The fourth-order valence-corrected chi connectivity index (χ4v) is 1.74. The topological polar surface area (TPSA) is 68.3 Å². The van der Waals surface area contributed by atoms with Crippen LogP contribution in [0, 0.1) is 17.1 Å². The summed E-state index contributed by atoms with van der Waals surface area (Å²) in [4.78, 5) is 0. The molecule has 0 saturated heterocycles. The maximum Gasteiger partial charge on any atom is 0.166 e. The Morgan fingerprint density at radius 2 is 2.05 bits per heavy atom. The molecule has 2 N–H and O–H groups in total. The van der Waals surface area contributed by atoms with E-state index in [0.717, 1.165) is 11.6 Å². The first-order valence-electron chi connectivity index (χ1n) is 5.88. The Hall–Kier alpha value is -2.74. The molecule has 0 aliphatic rings. The smallest absolute Gasteiger partial charge is 0.166 e. The van der Waals surface area contributed by atoms with Gasteiger partial charge in [0.15, 0.2) is 11.6 Å². The summed E-state index contributed by atoms with van der Waals surface area (Å²) >= 11 is 0. The minimum atomic E-state index is -0.570. The molecule has 0 aromatic heterocycles. The highest BCUT2D eigenvalue weighted by molar-refractivity contribution is 5.47. The van der Waals surface area contributed by atoms with Crippen molar-refractivity contribution in [3.05, 3.63) is 53.3 Å². The molecule has 5 heteroatoms. The number of anilines is 1. The summed E-state index contributed by atoms with van der Waals surface area (Å²) in [6.45, 7) is 0.157. The summed E-state index contributed by atoms with van der Waals surface area (Å²) < 4.78 is 24.1. The summed E-state index contributed by atoms with van der Waals surface area (Å²) in [5.74, 6) is 0.134. The van der Waals surface area contributed by atoms with E-state index < -0.39 is 5.82 Å². The summed E-state index contributed by atoms with van der Waals surface area (Å²) in [5.41, 5.74) is 7.29. The molecule has 0 atom stereocenters. The number of halogens is 1. The van der Waals surface area contributed by atoms with Crippen LogP contribution in [0.15, 0.2) is 36.4 Å². The van der Waals surface area contributed by atoms with Crippen molar-refractivity contribution in [1.29, 1.82) is 5.26 Å². The molecule has 0 radical (unpaired) electrons. The average Bonchev–Trinajstić information content (AvgIpc) is 2.45. The normalized spacial score (nSPS) is 9.85. The van der Waals surface area contributed by atoms with Crippen LogP contribution in [0.3, 0.4) is 0 Å². The zero-order valence-corrected chi connectivity index (χ0v) is 10.9. The van der Waals surface area contributed by atoms with Gasteiger partial charge in [0.05, 0.1) is 18.7 Å². The second-order valence-corrected chi connectivity index (χ2v) is 4.16. The van der Waals surface area contributed by atoms with Crippen molar-refractivity contribution in [2.75, 3.05) is 12.8 Å². The van der Waals surface area contributed by atoms with Crippen molar-refractivity contribution in [2.24, 2.45) is 0 Å². The predicted molar refractivity (Wildman–Crippen MR) is 72.9 cm³/mol. The molecule has 0 heterocycles. The van der Waals surface area contributed by atoms with Gasteiger partial charge in [0, 0.05) is 11.8 Å². The van der Waals surface area contributed by atoms with Gasteiger partial charge in [-0.05, 0) is 35.9 Å². The number of hydrogen-bond donors (Lipinski definition) is 1. The highest BCUT2D eigenvalue weighted by Crippen LogP contribution is 2.22. The third-order valence-electron chi connectivity index (χ3n) is 2.68. The van der Waals surface area contributed by atoms with Crippen LogP contribution >= 0.6 is 0 Å². The number of rotatable bonds is 4. The van der Waals surface area contributed by atoms with E-state index >= 15 is 0 Å². The number of nitrogen functional groups attached to an aromatic ring is 1. The van der Waals surface area contributed by atoms with Gasteiger partial charge in [-0.2, -0.15) is 5.26 Å². The quantitative estimate of drug-likeness (QED) is 0.869. The van der Waals surface area contributed by atoms with Crippen molar-refractivity contribution >= 4 is 5.69 Å². The van der Waals surface area contributed by atoms with Crippen LogP contribution in [0.25, 0.3) is 0 Å². The summed E-state index contributed by atoms with van der Waals surface area (Å²) in [7, 11) is 1.54. The molecule has 2 rings (SSSR count). The van der Waals surface area contributed by atoms with Crippen LogP contribution in [0.5, 0.6) is 11.5 Å². The zero-order valence-electron chi connectivity index (χ0n) is 10.9. The highest BCUT2D eigenvalue weighted by atomic mass is 19.1. The molecule has 0 fully saturated rings. The minimum Gasteiger partial charge on any atom is -0.497 e. The lowest BCUT2D eigenvalue weighted by Gasteiger charge is -2.09. The van der Waals surface area contributed by atoms with E-state index in [4.69, 9.17) is 20.5 Å². The molecule has 0 amide bonds. The number of hydrogen-bond acceptors (Lipinski definition) is 4. The lowest BCUT2D eigenvalue weighted by atomic mass is 10.2. The maximum atomic E-state index is 13.6. The second kappa shape index (κ2) is 5.93. The predicted octanol–water partition coefficient (Wildman–Crippen LogP) is 2.87. The average molecular weight is 272 g/mol. The first-order valence-corrected chi connectivity index (χ1v) is 5.88.